The van der Waals surface area contributed by atoms with E-state index in [9.17, 15) is 0 Å². The first kappa shape index (κ1) is 14.7. The molecule has 4 nitrogen and oxygen atoms in total. The van der Waals surface area contributed by atoms with Crippen molar-refractivity contribution in [2.75, 3.05) is 19.5 Å². The molecule has 0 bridgehead atoms. The Balaban J connectivity index is 1.45. The Hall–Kier alpha value is -0.850. The fraction of sp³-hybridized carbons (Fsp3) is 0.625. The molecule has 2 aliphatic rings. The molecule has 3 heterocycles. The van der Waals surface area contributed by atoms with E-state index in [1.54, 1.807) is 18.4 Å². The second-order valence-electron chi connectivity index (χ2n) is 6.16. The van der Waals surface area contributed by atoms with Gasteiger partial charge in [-0.25, -0.2) is 9.97 Å². The number of methoxy groups -OCH3 is 1. The minimum atomic E-state index is 0.411. The predicted molar refractivity (Wildman–Crippen MR) is 89.9 cm³/mol. The summed E-state index contributed by atoms with van der Waals surface area (Å²) in [7, 11) is 1.64. The highest BCUT2D eigenvalue weighted by Crippen LogP contribution is 2.55. The number of rotatable bonds is 5. The van der Waals surface area contributed by atoms with Crippen LogP contribution in [0.3, 0.4) is 0 Å². The van der Waals surface area contributed by atoms with Crippen LogP contribution in [0.1, 0.15) is 32.1 Å². The zero-order valence-electron chi connectivity index (χ0n) is 12.7. The molecule has 0 N–H and O–H groups in total. The Kier molecular flexibility index (Phi) is 4.00. The van der Waals surface area contributed by atoms with Crippen LogP contribution in [0.4, 0.5) is 0 Å². The van der Waals surface area contributed by atoms with Crippen LogP contribution in [0.5, 0.6) is 5.88 Å². The summed E-state index contributed by atoms with van der Waals surface area (Å²) in [6.07, 6.45) is 6.87. The molecule has 0 amide bonds. The summed E-state index contributed by atoms with van der Waals surface area (Å²) in [6.45, 7) is 0.946. The second kappa shape index (κ2) is 5.98. The summed E-state index contributed by atoms with van der Waals surface area (Å²) in [5, 5.41) is 0. The van der Waals surface area contributed by atoms with Gasteiger partial charge in [-0.1, -0.05) is 23.1 Å². The Bertz CT molecular complexity index is 663. The summed E-state index contributed by atoms with van der Waals surface area (Å²) in [5.41, 5.74) is 1.38. The maximum absolute atomic E-state index is 6.02. The minimum absolute atomic E-state index is 0.411. The van der Waals surface area contributed by atoms with Gasteiger partial charge in [0, 0.05) is 23.8 Å². The van der Waals surface area contributed by atoms with Crippen LogP contribution >= 0.6 is 23.1 Å². The molecule has 1 saturated heterocycles. The largest absolute Gasteiger partial charge is 0.481 e. The lowest BCUT2D eigenvalue weighted by Crippen LogP contribution is -2.30. The normalized spacial score (nSPS) is 23.6. The number of thioether (sulfide) groups is 1. The molecule has 1 unspecified atom stereocenters. The third-order valence-corrected chi connectivity index (χ3v) is 7.08. The number of hydrogen-bond acceptors (Lipinski definition) is 6. The molecule has 2 aromatic heterocycles. The van der Waals surface area contributed by atoms with E-state index in [-0.39, 0.29) is 0 Å². The highest BCUT2D eigenvalue weighted by molar-refractivity contribution is 8.01. The van der Waals surface area contributed by atoms with Crippen molar-refractivity contribution in [1.82, 2.24) is 9.97 Å². The molecule has 2 fully saturated rings. The van der Waals surface area contributed by atoms with E-state index < -0.39 is 0 Å². The number of fused-ring (bicyclic) bond motifs is 1. The molecule has 2 aromatic rings. The lowest BCUT2D eigenvalue weighted by molar-refractivity contribution is -0.0236. The van der Waals surface area contributed by atoms with Crippen LogP contribution in [0.2, 0.25) is 0 Å². The summed E-state index contributed by atoms with van der Waals surface area (Å²) < 4.78 is 12.3. The molecule has 6 heteroatoms. The van der Waals surface area contributed by atoms with Gasteiger partial charge in [0.25, 0.3) is 0 Å². The molecule has 4 rings (SSSR count). The standard InChI is InChI=1S/C16H20N2O2S2/c1-19-13-6-5-11-14(18-13)22-15(17-11)21-10-16(7-8-16)12-4-2-3-9-20-12/h5-6,12H,2-4,7-10H2,1H3. The van der Waals surface area contributed by atoms with E-state index in [1.807, 2.05) is 23.9 Å². The number of nitrogens with zero attached hydrogens (tertiary/aromatic N) is 2. The molecule has 0 radical (unpaired) electrons. The van der Waals surface area contributed by atoms with Crippen molar-refractivity contribution in [3.63, 3.8) is 0 Å². The smallest absolute Gasteiger partial charge is 0.214 e. The van der Waals surface area contributed by atoms with Crippen molar-refractivity contribution in [2.45, 2.75) is 42.5 Å². The van der Waals surface area contributed by atoms with Crippen LogP contribution in [-0.4, -0.2) is 35.5 Å². The number of thiazole rings is 1. The van der Waals surface area contributed by atoms with Gasteiger partial charge in [-0.15, -0.1) is 0 Å². The van der Waals surface area contributed by atoms with Gasteiger partial charge in [-0.3, -0.25) is 0 Å². The van der Waals surface area contributed by atoms with Gasteiger partial charge < -0.3 is 9.47 Å². The molecule has 1 atom stereocenters. The van der Waals surface area contributed by atoms with E-state index >= 15 is 0 Å². The first-order valence-electron chi connectivity index (χ1n) is 7.85. The predicted octanol–water partition coefficient (Wildman–Crippen LogP) is 4.14. The molecule has 0 aromatic carbocycles. The van der Waals surface area contributed by atoms with Crippen molar-refractivity contribution >= 4 is 33.4 Å². The third-order valence-electron chi connectivity index (χ3n) is 4.66. The first-order chi connectivity index (χ1) is 10.8. The average Bonchev–Trinajstić information content (AvgIpc) is 3.26. The lowest BCUT2D eigenvalue weighted by atomic mass is 9.95. The average molecular weight is 336 g/mol. The monoisotopic (exact) mass is 336 g/mol. The van der Waals surface area contributed by atoms with Gasteiger partial charge in [0.1, 0.15) is 10.3 Å². The third kappa shape index (κ3) is 2.84. The molecule has 1 aliphatic heterocycles. The maximum Gasteiger partial charge on any atom is 0.214 e. The maximum atomic E-state index is 6.02. The molecule has 0 spiro atoms. The van der Waals surface area contributed by atoms with Gasteiger partial charge in [-0.2, -0.15) is 0 Å². The Morgan fingerprint density at radius 2 is 2.27 bits per heavy atom. The topological polar surface area (TPSA) is 44.2 Å². The van der Waals surface area contributed by atoms with E-state index in [4.69, 9.17) is 9.47 Å². The van der Waals surface area contributed by atoms with Crippen molar-refractivity contribution in [1.29, 1.82) is 0 Å². The van der Waals surface area contributed by atoms with Crippen LogP contribution in [0, 0.1) is 5.41 Å². The van der Waals surface area contributed by atoms with Crippen LogP contribution in [-0.2, 0) is 4.74 Å². The molecular weight excluding hydrogens is 316 g/mol. The van der Waals surface area contributed by atoms with Gasteiger partial charge in [-0.05, 0) is 38.2 Å². The summed E-state index contributed by atoms with van der Waals surface area (Å²) >= 11 is 3.53. The Morgan fingerprint density at radius 3 is 3.00 bits per heavy atom. The van der Waals surface area contributed by atoms with Crippen LogP contribution in [0.25, 0.3) is 10.3 Å². The summed E-state index contributed by atoms with van der Waals surface area (Å²) in [6, 6.07) is 3.85. The molecule has 1 saturated carbocycles. The molecule has 22 heavy (non-hydrogen) atoms. The second-order valence-corrected chi connectivity index (χ2v) is 8.36. The molecular formula is C16H20N2O2S2. The zero-order chi connectivity index (χ0) is 15.0. The van der Waals surface area contributed by atoms with Gasteiger partial charge in [0.05, 0.1) is 13.2 Å². The van der Waals surface area contributed by atoms with Crippen molar-refractivity contribution in [2.24, 2.45) is 5.41 Å². The highest BCUT2D eigenvalue weighted by Gasteiger charge is 2.50. The molecule has 1 aliphatic carbocycles. The zero-order valence-corrected chi connectivity index (χ0v) is 14.3. The minimum Gasteiger partial charge on any atom is -0.481 e. The number of hydrogen-bond donors (Lipinski definition) is 0. The number of pyridine rings is 1. The summed E-state index contributed by atoms with van der Waals surface area (Å²) in [5.74, 6) is 1.77. The van der Waals surface area contributed by atoms with E-state index in [2.05, 4.69) is 9.97 Å². The van der Waals surface area contributed by atoms with Gasteiger partial charge >= 0.3 is 0 Å². The summed E-state index contributed by atoms with van der Waals surface area (Å²) in [4.78, 5) is 10.1. The fourth-order valence-corrected chi connectivity index (χ4v) is 5.47. The SMILES string of the molecule is COc1ccc2nc(SCC3(C4CCCCO4)CC3)sc2n1. The first-order valence-corrected chi connectivity index (χ1v) is 9.65. The Morgan fingerprint density at radius 1 is 1.36 bits per heavy atom. The van der Waals surface area contributed by atoms with Crippen LogP contribution < -0.4 is 4.74 Å². The number of aromatic nitrogens is 2. The van der Waals surface area contributed by atoms with Crippen LogP contribution in [0.15, 0.2) is 16.5 Å². The van der Waals surface area contributed by atoms with E-state index in [0.717, 1.165) is 27.0 Å². The van der Waals surface area contributed by atoms with Crippen molar-refractivity contribution in [3.8, 4) is 5.88 Å². The quantitative estimate of drug-likeness (QED) is 0.768. The van der Waals surface area contributed by atoms with Crippen molar-refractivity contribution < 1.29 is 9.47 Å². The van der Waals surface area contributed by atoms with E-state index in [1.165, 1.54) is 32.1 Å². The molecule has 118 valence electrons. The van der Waals surface area contributed by atoms with Gasteiger partial charge in [0.2, 0.25) is 5.88 Å². The van der Waals surface area contributed by atoms with Crippen molar-refractivity contribution in [3.05, 3.63) is 12.1 Å². The highest BCUT2D eigenvalue weighted by atomic mass is 32.2. The van der Waals surface area contributed by atoms with E-state index in [0.29, 0.717) is 17.4 Å². The number of ether oxygens (including phenoxy) is 2. The Labute approximate surface area is 138 Å². The fourth-order valence-electron chi connectivity index (χ4n) is 3.10. The lowest BCUT2D eigenvalue weighted by Gasteiger charge is -2.30. The van der Waals surface area contributed by atoms with Gasteiger partial charge in [0.15, 0.2) is 4.34 Å².